The van der Waals surface area contributed by atoms with Gasteiger partial charge in [-0.3, -0.25) is 9.00 Å². The minimum atomic E-state index is -0.878. The molecule has 0 radical (unpaired) electrons. The number of aromatic nitrogens is 1. The van der Waals surface area contributed by atoms with Gasteiger partial charge in [0.25, 0.3) is 0 Å². The number of rotatable bonds is 6. The fraction of sp³-hybridized carbons (Fsp3) is 0.375. The summed E-state index contributed by atoms with van der Waals surface area (Å²) in [4.78, 5) is 15.9. The number of aromatic amines is 1. The number of H-pyrrole nitrogens is 1. The van der Waals surface area contributed by atoms with Gasteiger partial charge in [0.1, 0.15) is 5.82 Å². The molecule has 1 atom stereocenters. The fourth-order valence-electron chi connectivity index (χ4n) is 4.30. The smallest absolute Gasteiger partial charge is 0.228 e. The second-order valence-corrected chi connectivity index (χ2v) is 9.85. The third-order valence-electron chi connectivity index (χ3n) is 5.86. The molecule has 30 heavy (non-hydrogen) atoms. The summed E-state index contributed by atoms with van der Waals surface area (Å²) in [5.74, 6) is 0.0468. The lowest BCUT2D eigenvalue weighted by atomic mass is 10.0. The molecule has 0 saturated heterocycles. The first-order chi connectivity index (χ1) is 14.5. The lowest BCUT2D eigenvalue weighted by Crippen LogP contribution is -2.20. The number of halogens is 1. The number of aryl methyl sites for hydroxylation is 1. The number of hydrogen-bond acceptors (Lipinski definition) is 2. The van der Waals surface area contributed by atoms with Crippen LogP contribution in [0.4, 0.5) is 10.1 Å². The minimum Gasteiger partial charge on any atom is -0.358 e. The van der Waals surface area contributed by atoms with Crippen molar-refractivity contribution in [1.29, 1.82) is 0 Å². The van der Waals surface area contributed by atoms with E-state index in [9.17, 15) is 13.4 Å². The Balaban J connectivity index is 1.43. The molecule has 1 aliphatic carbocycles. The molecule has 1 saturated carbocycles. The second-order valence-electron chi connectivity index (χ2n) is 8.13. The van der Waals surface area contributed by atoms with Gasteiger partial charge in [0.2, 0.25) is 5.91 Å². The molecule has 4 nitrogen and oxygen atoms in total. The monoisotopic (exact) mass is 426 g/mol. The zero-order valence-corrected chi connectivity index (χ0v) is 18.0. The summed E-state index contributed by atoms with van der Waals surface area (Å²) in [7, 11) is -0.878. The van der Waals surface area contributed by atoms with Crippen LogP contribution in [-0.2, 0) is 27.8 Å². The van der Waals surface area contributed by atoms with Crippen molar-refractivity contribution in [2.75, 3.05) is 5.32 Å². The van der Waals surface area contributed by atoms with Crippen molar-refractivity contribution in [3.63, 3.8) is 0 Å². The largest absolute Gasteiger partial charge is 0.358 e. The van der Waals surface area contributed by atoms with Gasteiger partial charge < -0.3 is 10.3 Å². The van der Waals surface area contributed by atoms with Crippen LogP contribution in [0.15, 0.2) is 42.5 Å². The second kappa shape index (κ2) is 9.13. The first kappa shape index (κ1) is 20.8. The predicted octanol–water partition coefficient (Wildman–Crippen LogP) is 5.38. The third-order valence-corrected chi connectivity index (χ3v) is 7.70. The van der Waals surface area contributed by atoms with Crippen LogP contribution in [0, 0.1) is 12.7 Å². The molecule has 4 rings (SSSR count). The number of carbonyl (C=O) groups excluding carboxylic acids is 1. The summed E-state index contributed by atoms with van der Waals surface area (Å²) in [6.07, 6.45) is 5.85. The van der Waals surface area contributed by atoms with Gasteiger partial charge in [-0.05, 0) is 61.2 Å². The van der Waals surface area contributed by atoms with Crippen molar-refractivity contribution in [3.8, 4) is 0 Å². The van der Waals surface area contributed by atoms with Gasteiger partial charge in [-0.1, -0.05) is 31.4 Å². The standard InChI is InChI=1S/C24H27FN2O2S/c1-16-21(22-13-18(25)10-11-23(22)26-16)14-24(28)27-19-7-5-6-17(12-19)15-30(29)20-8-3-2-4-9-20/h5-7,10-13,20,26H,2-4,8-9,14-15H2,1H3,(H,27,28). The molecule has 2 N–H and O–H groups in total. The number of hydrogen-bond donors (Lipinski definition) is 2. The van der Waals surface area contributed by atoms with Crippen LogP contribution in [0.25, 0.3) is 10.9 Å². The van der Waals surface area contributed by atoms with E-state index in [-0.39, 0.29) is 18.1 Å². The molecule has 1 unspecified atom stereocenters. The summed E-state index contributed by atoms with van der Waals surface area (Å²) >= 11 is 0. The first-order valence-corrected chi connectivity index (χ1v) is 11.9. The van der Waals surface area contributed by atoms with Gasteiger partial charge in [-0.2, -0.15) is 0 Å². The van der Waals surface area contributed by atoms with E-state index >= 15 is 0 Å². The minimum absolute atomic E-state index is 0.159. The maximum atomic E-state index is 13.7. The van der Waals surface area contributed by atoms with Crippen LogP contribution in [0.3, 0.4) is 0 Å². The van der Waals surface area contributed by atoms with Gasteiger partial charge in [0.15, 0.2) is 0 Å². The Hall–Kier alpha value is -2.47. The molecular formula is C24H27FN2O2S. The molecule has 1 amide bonds. The Morgan fingerprint density at radius 3 is 2.77 bits per heavy atom. The van der Waals surface area contributed by atoms with E-state index in [0.29, 0.717) is 16.7 Å². The van der Waals surface area contributed by atoms with Crippen LogP contribution >= 0.6 is 0 Å². The lowest BCUT2D eigenvalue weighted by Gasteiger charge is -2.21. The topological polar surface area (TPSA) is 62.0 Å². The lowest BCUT2D eigenvalue weighted by molar-refractivity contribution is -0.115. The van der Waals surface area contributed by atoms with Crippen LogP contribution in [-0.4, -0.2) is 20.3 Å². The molecule has 0 spiro atoms. The van der Waals surface area contributed by atoms with Gasteiger partial charge in [0, 0.05) is 44.1 Å². The van der Waals surface area contributed by atoms with Crippen LogP contribution in [0.2, 0.25) is 0 Å². The number of nitrogens with one attached hydrogen (secondary N) is 2. The maximum Gasteiger partial charge on any atom is 0.228 e. The highest BCUT2D eigenvalue weighted by Gasteiger charge is 2.20. The van der Waals surface area contributed by atoms with Crippen LogP contribution < -0.4 is 5.32 Å². The van der Waals surface area contributed by atoms with Crippen molar-refractivity contribution in [3.05, 3.63) is 65.1 Å². The molecule has 3 aromatic rings. The van der Waals surface area contributed by atoms with E-state index in [1.54, 1.807) is 6.07 Å². The van der Waals surface area contributed by atoms with Crippen LogP contribution in [0.1, 0.15) is 48.9 Å². The number of fused-ring (bicyclic) bond motifs is 1. The molecular weight excluding hydrogens is 399 g/mol. The Labute approximate surface area is 178 Å². The zero-order chi connectivity index (χ0) is 21.1. The van der Waals surface area contributed by atoms with Gasteiger partial charge >= 0.3 is 0 Å². The molecule has 0 bridgehead atoms. The Kier molecular flexibility index (Phi) is 6.32. The van der Waals surface area contributed by atoms with Crippen molar-refractivity contribution in [2.24, 2.45) is 0 Å². The SMILES string of the molecule is Cc1[nH]c2ccc(F)cc2c1CC(=O)Nc1cccc(CS(=O)C2CCCCC2)c1. The summed E-state index contributed by atoms with van der Waals surface area (Å²) < 4.78 is 26.3. The van der Waals surface area contributed by atoms with E-state index in [4.69, 9.17) is 0 Å². The average molecular weight is 427 g/mol. The Morgan fingerprint density at radius 1 is 1.17 bits per heavy atom. The van der Waals surface area contributed by atoms with Crippen molar-refractivity contribution in [2.45, 2.75) is 56.5 Å². The number of benzene rings is 2. The van der Waals surface area contributed by atoms with Gasteiger partial charge in [-0.25, -0.2) is 4.39 Å². The quantitative estimate of drug-likeness (QED) is 0.556. The summed E-state index contributed by atoms with van der Waals surface area (Å²) in [6.45, 7) is 1.89. The van der Waals surface area contributed by atoms with Crippen molar-refractivity contribution >= 4 is 33.3 Å². The molecule has 1 heterocycles. The fourth-order valence-corrected chi connectivity index (χ4v) is 5.90. The highest BCUT2D eigenvalue weighted by atomic mass is 32.2. The molecule has 1 fully saturated rings. The van der Waals surface area contributed by atoms with E-state index in [1.165, 1.54) is 31.4 Å². The van der Waals surface area contributed by atoms with E-state index < -0.39 is 10.8 Å². The van der Waals surface area contributed by atoms with Crippen molar-refractivity contribution in [1.82, 2.24) is 4.98 Å². The highest BCUT2D eigenvalue weighted by Crippen LogP contribution is 2.26. The Bertz CT molecular complexity index is 1090. The highest BCUT2D eigenvalue weighted by molar-refractivity contribution is 7.84. The van der Waals surface area contributed by atoms with Gasteiger partial charge in [0.05, 0.1) is 6.42 Å². The predicted molar refractivity (Wildman–Crippen MR) is 120 cm³/mol. The molecule has 158 valence electrons. The summed E-state index contributed by atoms with van der Waals surface area (Å²) in [5.41, 5.74) is 4.16. The molecule has 6 heteroatoms. The number of anilines is 1. The number of amides is 1. The molecule has 1 aromatic heterocycles. The van der Waals surface area contributed by atoms with Gasteiger partial charge in [-0.15, -0.1) is 0 Å². The molecule has 1 aliphatic rings. The molecule has 2 aromatic carbocycles. The van der Waals surface area contributed by atoms with E-state index in [2.05, 4.69) is 10.3 Å². The normalized spacial score (nSPS) is 15.9. The third kappa shape index (κ3) is 4.81. The Morgan fingerprint density at radius 2 is 1.97 bits per heavy atom. The number of carbonyl (C=O) groups is 1. The first-order valence-electron chi connectivity index (χ1n) is 10.5. The summed E-state index contributed by atoms with van der Waals surface area (Å²) in [5, 5.41) is 3.96. The maximum absolute atomic E-state index is 13.7. The van der Waals surface area contributed by atoms with E-state index in [1.807, 2.05) is 31.2 Å². The van der Waals surface area contributed by atoms with Crippen molar-refractivity contribution < 1.29 is 13.4 Å². The van der Waals surface area contributed by atoms with Crippen LogP contribution in [0.5, 0.6) is 0 Å². The average Bonchev–Trinajstić information content (AvgIpc) is 3.03. The molecule has 0 aliphatic heterocycles. The zero-order valence-electron chi connectivity index (χ0n) is 17.2. The van der Waals surface area contributed by atoms with E-state index in [0.717, 1.165) is 40.6 Å². The summed E-state index contributed by atoms with van der Waals surface area (Å²) in [6, 6.07) is 12.1.